The van der Waals surface area contributed by atoms with E-state index < -0.39 is 11.7 Å². The lowest BCUT2D eigenvalue weighted by molar-refractivity contribution is -0.138. The number of methoxy groups -OCH3 is 1. The average molecular weight is 331 g/mol. The van der Waals surface area contributed by atoms with Gasteiger partial charge in [0.2, 0.25) is 0 Å². The number of hydrogen-bond donors (Lipinski definition) is 1. The van der Waals surface area contributed by atoms with Crippen molar-refractivity contribution in [2.75, 3.05) is 7.11 Å². The lowest BCUT2D eigenvalue weighted by Crippen LogP contribution is -2.10. The maximum atomic E-state index is 12.5. The van der Waals surface area contributed by atoms with Crippen LogP contribution in [0.15, 0.2) is 12.1 Å². The second-order valence-electron chi connectivity index (χ2n) is 2.85. The molecular weight excluding hydrogens is 322 g/mol. The van der Waals surface area contributed by atoms with Crippen molar-refractivity contribution in [1.29, 1.82) is 0 Å². The van der Waals surface area contributed by atoms with Gasteiger partial charge in [-0.1, -0.05) is 0 Å². The van der Waals surface area contributed by atoms with Crippen LogP contribution in [0.2, 0.25) is 0 Å². The summed E-state index contributed by atoms with van der Waals surface area (Å²) in [5, 5.41) is 0. The Balaban J connectivity index is 3.34. The van der Waals surface area contributed by atoms with Gasteiger partial charge in [-0.05, 0) is 40.3 Å². The minimum Gasteiger partial charge on any atom is -0.496 e. The van der Waals surface area contributed by atoms with Crippen molar-refractivity contribution < 1.29 is 17.9 Å². The molecular formula is C9H9F3INO. The highest BCUT2D eigenvalue weighted by molar-refractivity contribution is 14.1. The first kappa shape index (κ1) is 12.6. The van der Waals surface area contributed by atoms with E-state index in [1.165, 1.54) is 13.2 Å². The van der Waals surface area contributed by atoms with E-state index in [-0.39, 0.29) is 12.3 Å². The standard InChI is InChI=1S/C9H9F3INO/c1-15-8-2-5(4-14)7(13)3-6(8)9(10,11)12/h2-3H,4,14H2,1H3. The van der Waals surface area contributed by atoms with Crippen molar-refractivity contribution in [3.05, 3.63) is 26.8 Å². The molecule has 0 atom stereocenters. The third-order valence-electron chi connectivity index (χ3n) is 1.89. The molecule has 2 N–H and O–H groups in total. The van der Waals surface area contributed by atoms with E-state index in [2.05, 4.69) is 0 Å². The molecule has 0 saturated heterocycles. The molecule has 0 aliphatic heterocycles. The molecule has 0 aliphatic rings. The summed E-state index contributed by atoms with van der Waals surface area (Å²) in [4.78, 5) is 0. The van der Waals surface area contributed by atoms with Crippen LogP contribution in [-0.4, -0.2) is 7.11 Å². The smallest absolute Gasteiger partial charge is 0.419 e. The van der Waals surface area contributed by atoms with Gasteiger partial charge in [0.1, 0.15) is 5.75 Å². The van der Waals surface area contributed by atoms with Crippen LogP contribution < -0.4 is 10.5 Å². The molecule has 0 spiro atoms. The van der Waals surface area contributed by atoms with E-state index in [9.17, 15) is 13.2 Å². The van der Waals surface area contributed by atoms with Crippen LogP contribution >= 0.6 is 22.6 Å². The Hall–Kier alpha value is -0.500. The number of benzene rings is 1. The van der Waals surface area contributed by atoms with Gasteiger partial charge in [0, 0.05) is 10.1 Å². The molecule has 0 heterocycles. The molecule has 1 rings (SSSR count). The van der Waals surface area contributed by atoms with Crippen LogP contribution in [0.3, 0.4) is 0 Å². The van der Waals surface area contributed by atoms with Crippen molar-refractivity contribution >= 4 is 22.6 Å². The Kier molecular flexibility index (Phi) is 3.82. The molecule has 0 fully saturated rings. The largest absolute Gasteiger partial charge is 0.496 e. The maximum absolute atomic E-state index is 12.5. The minimum atomic E-state index is -4.40. The number of alkyl halides is 3. The zero-order valence-electron chi connectivity index (χ0n) is 7.86. The summed E-state index contributed by atoms with van der Waals surface area (Å²) in [6.07, 6.45) is -4.40. The van der Waals surface area contributed by atoms with Gasteiger partial charge in [-0.3, -0.25) is 0 Å². The molecule has 84 valence electrons. The van der Waals surface area contributed by atoms with E-state index in [1.54, 1.807) is 0 Å². The van der Waals surface area contributed by atoms with Gasteiger partial charge in [-0.2, -0.15) is 13.2 Å². The van der Waals surface area contributed by atoms with Gasteiger partial charge in [0.15, 0.2) is 0 Å². The van der Waals surface area contributed by atoms with E-state index in [1.807, 2.05) is 22.6 Å². The predicted octanol–water partition coefficient (Wildman–Crippen LogP) is 2.78. The number of ether oxygens (including phenoxy) is 1. The fraction of sp³-hybridized carbons (Fsp3) is 0.333. The van der Waals surface area contributed by atoms with Crippen LogP contribution in [0.1, 0.15) is 11.1 Å². The molecule has 0 amide bonds. The lowest BCUT2D eigenvalue weighted by atomic mass is 10.1. The Labute approximate surface area is 98.7 Å². The maximum Gasteiger partial charge on any atom is 0.419 e. The lowest BCUT2D eigenvalue weighted by Gasteiger charge is -2.14. The second kappa shape index (κ2) is 4.56. The van der Waals surface area contributed by atoms with Crippen LogP contribution in [0, 0.1) is 3.57 Å². The molecule has 0 unspecified atom stereocenters. The van der Waals surface area contributed by atoms with Crippen LogP contribution in [-0.2, 0) is 12.7 Å². The van der Waals surface area contributed by atoms with Gasteiger partial charge in [0.05, 0.1) is 12.7 Å². The third-order valence-corrected chi connectivity index (χ3v) is 2.90. The van der Waals surface area contributed by atoms with Crippen LogP contribution in [0.25, 0.3) is 0 Å². The highest BCUT2D eigenvalue weighted by Gasteiger charge is 2.34. The number of nitrogens with two attached hydrogens (primary N) is 1. The first-order valence-electron chi connectivity index (χ1n) is 4.03. The summed E-state index contributed by atoms with van der Waals surface area (Å²) < 4.78 is 42.8. The number of rotatable bonds is 2. The zero-order chi connectivity index (χ0) is 11.6. The van der Waals surface area contributed by atoms with Gasteiger partial charge in [-0.25, -0.2) is 0 Å². The Bertz CT molecular complexity index is 365. The van der Waals surface area contributed by atoms with Crippen molar-refractivity contribution in [2.24, 2.45) is 5.73 Å². The molecule has 1 aromatic rings. The zero-order valence-corrected chi connectivity index (χ0v) is 10.0. The molecule has 0 bridgehead atoms. The van der Waals surface area contributed by atoms with Gasteiger partial charge >= 0.3 is 6.18 Å². The van der Waals surface area contributed by atoms with Crippen molar-refractivity contribution in [3.8, 4) is 5.75 Å². The summed E-state index contributed by atoms with van der Waals surface area (Å²) in [6, 6.07) is 2.37. The van der Waals surface area contributed by atoms with E-state index in [0.29, 0.717) is 9.13 Å². The molecule has 15 heavy (non-hydrogen) atoms. The Morgan fingerprint density at radius 1 is 1.40 bits per heavy atom. The quantitative estimate of drug-likeness (QED) is 0.846. The molecule has 2 nitrogen and oxygen atoms in total. The predicted molar refractivity (Wildman–Crippen MR) is 58.6 cm³/mol. The van der Waals surface area contributed by atoms with E-state index in [4.69, 9.17) is 10.5 Å². The Morgan fingerprint density at radius 3 is 2.40 bits per heavy atom. The van der Waals surface area contributed by atoms with Crippen molar-refractivity contribution in [1.82, 2.24) is 0 Å². The van der Waals surface area contributed by atoms with Crippen LogP contribution in [0.5, 0.6) is 5.75 Å². The van der Waals surface area contributed by atoms with Crippen molar-refractivity contribution in [2.45, 2.75) is 12.7 Å². The number of halogens is 4. The van der Waals surface area contributed by atoms with Crippen LogP contribution in [0.4, 0.5) is 13.2 Å². The summed E-state index contributed by atoms with van der Waals surface area (Å²) >= 11 is 1.82. The normalized spacial score (nSPS) is 11.6. The summed E-state index contributed by atoms with van der Waals surface area (Å²) in [7, 11) is 1.21. The summed E-state index contributed by atoms with van der Waals surface area (Å²) in [5.41, 5.74) is 5.26. The van der Waals surface area contributed by atoms with Gasteiger partial charge in [-0.15, -0.1) is 0 Å². The third kappa shape index (κ3) is 2.75. The average Bonchev–Trinajstić information content (AvgIpc) is 2.16. The molecule has 1 aromatic carbocycles. The minimum absolute atomic E-state index is 0.187. The molecule has 0 radical (unpaired) electrons. The monoisotopic (exact) mass is 331 g/mol. The highest BCUT2D eigenvalue weighted by atomic mass is 127. The first-order valence-corrected chi connectivity index (χ1v) is 5.11. The fourth-order valence-electron chi connectivity index (χ4n) is 1.14. The summed E-state index contributed by atoms with van der Waals surface area (Å²) in [5.74, 6) is -0.191. The fourth-order valence-corrected chi connectivity index (χ4v) is 1.83. The van der Waals surface area contributed by atoms with Gasteiger partial charge in [0.25, 0.3) is 0 Å². The second-order valence-corrected chi connectivity index (χ2v) is 4.01. The SMILES string of the molecule is COc1cc(CN)c(I)cc1C(F)(F)F. The first-order chi connectivity index (χ1) is 6.90. The molecule has 0 aliphatic carbocycles. The van der Waals surface area contributed by atoms with Crippen molar-refractivity contribution in [3.63, 3.8) is 0 Å². The molecule has 0 aromatic heterocycles. The topological polar surface area (TPSA) is 35.2 Å². The van der Waals surface area contributed by atoms with E-state index in [0.717, 1.165) is 6.07 Å². The Morgan fingerprint density at radius 2 is 2.00 bits per heavy atom. The molecule has 0 saturated carbocycles. The van der Waals surface area contributed by atoms with E-state index >= 15 is 0 Å². The van der Waals surface area contributed by atoms with Gasteiger partial charge < -0.3 is 10.5 Å². The summed E-state index contributed by atoms with van der Waals surface area (Å²) in [6.45, 7) is 0.187. The highest BCUT2D eigenvalue weighted by Crippen LogP contribution is 2.38. The molecule has 6 heteroatoms. The number of hydrogen-bond acceptors (Lipinski definition) is 2.